The molecule has 0 N–H and O–H groups in total. The van der Waals surface area contributed by atoms with Gasteiger partial charge in [0.1, 0.15) is 11.4 Å². The standard InChI is InChI=1S/C15H19N3OSi/c1-12-9-16-10-13(18-12)11-17-14-7-5-6-8-15(14)19-20(2,3)4/h5-11H,1-4H3/b17-11+. The molecule has 0 unspecified atom stereocenters. The first-order valence-corrected chi connectivity index (χ1v) is 9.96. The van der Waals surface area contributed by atoms with Gasteiger partial charge in [-0.25, -0.2) is 4.98 Å². The van der Waals surface area contributed by atoms with E-state index in [4.69, 9.17) is 4.43 Å². The van der Waals surface area contributed by atoms with E-state index in [-0.39, 0.29) is 0 Å². The minimum absolute atomic E-state index is 0.743. The molecule has 0 amide bonds. The maximum Gasteiger partial charge on any atom is 0.242 e. The van der Waals surface area contributed by atoms with Crippen LogP contribution in [0.3, 0.4) is 0 Å². The third-order valence-electron chi connectivity index (χ3n) is 2.39. The first kappa shape index (κ1) is 14.4. The minimum atomic E-state index is -1.65. The highest BCUT2D eigenvalue weighted by molar-refractivity contribution is 6.70. The molecule has 0 aliphatic carbocycles. The van der Waals surface area contributed by atoms with Gasteiger partial charge in [0.2, 0.25) is 8.32 Å². The maximum absolute atomic E-state index is 6.03. The zero-order valence-corrected chi connectivity index (χ0v) is 13.3. The minimum Gasteiger partial charge on any atom is -0.543 e. The van der Waals surface area contributed by atoms with E-state index in [1.54, 1.807) is 18.6 Å². The van der Waals surface area contributed by atoms with Gasteiger partial charge < -0.3 is 4.43 Å². The average molecular weight is 285 g/mol. The number of benzene rings is 1. The van der Waals surface area contributed by atoms with Crippen molar-refractivity contribution in [3.8, 4) is 5.75 Å². The lowest BCUT2D eigenvalue weighted by Crippen LogP contribution is -2.29. The van der Waals surface area contributed by atoms with Gasteiger partial charge in [0.25, 0.3) is 0 Å². The van der Waals surface area contributed by atoms with Crippen LogP contribution in [0.25, 0.3) is 0 Å². The molecule has 4 nitrogen and oxygen atoms in total. The first-order chi connectivity index (χ1) is 9.44. The Morgan fingerprint density at radius 1 is 1.15 bits per heavy atom. The van der Waals surface area contributed by atoms with Crippen LogP contribution in [0.2, 0.25) is 19.6 Å². The van der Waals surface area contributed by atoms with Crippen molar-refractivity contribution in [1.82, 2.24) is 9.97 Å². The van der Waals surface area contributed by atoms with Crippen LogP contribution >= 0.6 is 0 Å². The fourth-order valence-electron chi connectivity index (χ4n) is 1.66. The van der Waals surface area contributed by atoms with Gasteiger partial charge in [0.05, 0.1) is 23.8 Å². The number of aliphatic imine (C=N–C) groups is 1. The Morgan fingerprint density at radius 3 is 2.60 bits per heavy atom. The number of nitrogens with zero attached hydrogens (tertiary/aromatic N) is 3. The van der Waals surface area contributed by atoms with E-state index in [2.05, 4.69) is 34.6 Å². The molecule has 0 aliphatic heterocycles. The number of para-hydroxylation sites is 2. The molecule has 1 heterocycles. The molecule has 0 atom stereocenters. The molecule has 0 saturated heterocycles. The summed E-state index contributed by atoms with van der Waals surface area (Å²) in [6.45, 7) is 8.37. The predicted molar refractivity (Wildman–Crippen MR) is 84.4 cm³/mol. The smallest absolute Gasteiger partial charge is 0.242 e. The normalized spacial score (nSPS) is 11.8. The molecule has 5 heteroatoms. The van der Waals surface area contributed by atoms with Crippen LogP contribution in [0.4, 0.5) is 5.69 Å². The number of aromatic nitrogens is 2. The lowest BCUT2D eigenvalue weighted by molar-refractivity contribution is 0.559. The molecule has 2 rings (SSSR count). The lowest BCUT2D eigenvalue weighted by atomic mass is 10.3. The third-order valence-corrected chi connectivity index (χ3v) is 3.22. The van der Waals surface area contributed by atoms with Crippen LogP contribution in [0, 0.1) is 6.92 Å². The fraction of sp³-hybridized carbons (Fsp3) is 0.267. The van der Waals surface area contributed by atoms with Crippen molar-refractivity contribution in [1.29, 1.82) is 0 Å². The van der Waals surface area contributed by atoms with Gasteiger partial charge in [-0.1, -0.05) is 12.1 Å². The molecule has 0 radical (unpaired) electrons. The van der Waals surface area contributed by atoms with Crippen molar-refractivity contribution >= 4 is 20.2 Å². The summed E-state index contributed by atoms with van der Waals surface area (Å²) in [5.41, 5.74) is 2.44. The second-order valence-electron chi connectivity index (χ2n) is 5.53. The highest BCUT2D eigenvalue weighted by Crippen LogP contribution is 2.29. The zero-order valence-electron chi connectivity index (χ0n) is 12.3. The Kier molecular flexibility index (Phi) is 4.29. The monoisotopic (exact) mass is 285 g/mol. The van der Waals surface area contributed by atoms with Gasteiger partial charge in [-0.15, -0.1) is 0 Å². The highest BCUT2D eigenvalue weighted by atomic mass is 28.4. The summed E-state index contributed by atoms with van der Waals surface area (Å²) < 4.78 is 6.03. The van der Waals surface area contributed by atoms with Gasteiger partial charge in [0, 0.05) is 6.20 Å². The molecular weight excluding hydrogens is 266 g/mol. The zero-order chi connectivity index (χ0) is 14.6. The Balaban J connectivity index is 2.25. The molecule has 0 spiro atoms. The van der Waals surface area contributed by atoms with E-state index in [0.29, 0.717) is 0 Å². The van der Waals surface area contributed by atoms with Crippen LogP contribution in [0.1, 0.15) is 11.4 Å². The van der Waals surface area contributed by atoms with E-state index in [9.17, 15) is 0 Å². The Bertz CT molecular complexity index is 621. The summed E-state index contributed by atoms with van der Waals surface area (Å²) in [5.74, 6) is 0.823. The lowest BCUT2D eigenvalue weighted by Gasteiger charge is -2.20. The summed E-state index contributed by atoms with van der Waals surface area (Å²) in [7, 11) is -1.65. The number of hydrogen-bond acceptors (Lipinski definition) is 4. The highest BCUT2D eigenvalue weighted by Gasteiger charge is 2.17. The topological polar surface area (TPSA) is 47.4 Å². The van der Waals surface area contributed by atoms with Crippen LogP contribution in [0.5, 0.6) is 5.75 Å². The predicted octanol–water partition coefficient (Wildman–Crippen LogP) is 3.75. The van der Waals surface area contributed by atoms with Crippen LogP contribution < -0.4 is 4.43 Å². The van der Waals surface area contributed by atoms with Crippen molar-refractivity contribution in [2.24, 2.45) is 4.99 Å². The molecule has 1 aromatic carbocycles. The molecular formula is C15H19N3OSi. The molecule has 20 heavy (non-hydrogen) atoms. The van der Waals surface area contributed by atoms with E-state index < -0.39 is 8.32 Å². The fourth-order valence-corrected chi connectivity index (χ4v) is 2.49. The third kappa shape index (κ3) is 4.27. The number of hydrogen-bond donors (Lipinski definition) is 0. The Labute approximate surface area is 120 Å². The summed E-state index contributed by atoms with van der Waals surface area (Å²) in [5, 5.41) is 0. The van der Waals surface area contributed by atoms with Crippen LogP contribution in [0.15, 0.2) is 41.7 Å². The molecule has 2 aromatic rings. The molecule has 0 saturated carbocycles. The summed E-state index contributed by atoms with van der Waals surface area (Å²) in [6, 6.07) is 7.80. The Hall–Kier alpha value is -2.01. The first-order valence-electron chi connectivity index (χ1n) is 6.55. The van der Waals surface area contributed by atoms with Crippen LogP contribution in [-0.2, 0) is 0 Å². The van der Waals surface area contributed by atoms with Crippen molar-refractivity contribution in [3.63, 3.8) is 0 Å². The average Bonchev–Trinajstić information content (AvgIpc) is 2.36. The molecule has 1 aromatic heterocycles. The maximum atomic E-state index is 6.03. The van der Waals surface area contributed by atoms with E-state index in [1.165, 1.54) is 0 Å². The van der Waals surface area contributed by atoms with Crippen molar-refractivity contribution in [2.45, 2.75) is 26.6 Å². The quantitative estimate of drug-likeness (QED) is 0.635. The van der Waals surface area contributed by atoms with E-state index in [0.717, 1.165) is 22.8 Å². The van der Waals surface area contributed by atoms with Crippen molar-refractivity contribution in [2.75, 3.05) is 0 Å². The molecule has 0 fully saturated rings. The van der Waals surface area contributed by atoms with Gasteiger partial charge in [0.15, 0.2) is 0 Å². The van der Waals surface area contributed by atoms with Gasteiger partial charge in [-0.05, 0) is 38.7 Å². The summed E-state index contributed by atoms with van der Waals surface area (Å²) >= 11 is 0. The Morgan fingerprint density at radius 2 is 1.90 bits per heavy atom. The van der Waals surface area contributed by atoms with Crippen molar-refractivity contribution in [3.05, 3.63) is 48.0 Å². The second kappa shape index (κ2) is 5.96. The summed E-state index contributed by atoms with van der Waals surface area (Å²) in [4.78, 5) is 12.9. The summed E-state index contributed by atoms with van der Waals surface area (Å²) in [6.07, 6.45) is 5.13. The van der Waals surface area contributed by atoms with Gasteiger partial charge in [-0.3, -0.25) is 9.98 Å². The SMILES string of the molecule is Cc1cncc(/C=N/c2ccccc2O[Si](C)(C)C)n1. The molecule has 104 valence electrons. The number of rotatable bonds is 4. The molecule has 0 bridgehead atoms. The number of aryl methyl sites for hydroxylation is 1. The van der Waals surface area contributed by atoms with Crippen LogP contribution in [-0.4, -0.2) is 24.5 Å². The van der Waals surface area contributed by atoms with Crippen molar-refractivity contribution < 1.29 is 4.43 Å². The second-order valence-corrected chi connectivity index (χ2v) is 9.95. The van der Waals surface area contributed by atoms with E-state index >= 15 is 0 Å². The van der Waals surface area contributed by atoms with E-state index in [1.807, 2.05) is 31.2 Å². The van der Waals surface area contributed by atoms with Gasteiger partial charge >= 0.3 is 0 Å². The van der Waals surface area contributed by atoms with Gasteiger partial charge in [-0.2, -0.15) is 0 Å². The molecule has 0 aliphatic rings. The largest absolute Gasteiger partial charge is 0.543 e.